The zero-order valence-electron chi connectivity index (χ0n) is 16.5. The summed E-state index contributed by atoms with van der Waals surface area (Å²) in [6.07, 6.45) is 5.53. The average Bonchev–Trinajstić information content (AvgIpc) is 3.46. The van der Waals surface area contributed by atoms with Gasteiger partial charge in [-0.15, -0.1) is 0 Å². The molecule has 5 nitrogen and oxygen atoms in total. The monoisotopic (exact) mass is 398 g/mol. The first-order valence-electron chi connectivity index (χ1n) is 9.49. The summed E-state index contributed by atoms with van der Waals surface area (Å²) in [7, 11) is -2.67. The standard InChI is InChI=1S/C20H20N2O.C2H6O2S/c1-2-16-20(23)22-18-12-15(10-11-17(18)21-16)19(14-8-9-14)13-6-4-3-5-7-13;1-5(2,3)4/h3-7,10-12,14,19H,2,8-9H2,1H3,(H,22,23);1-2H3. The molecular formula is C22H26N2O3S. The fraction of sp³-hybridized carbons (Fsp3) is 0.364. The van der Waals surface area contributed by atoms with Gasteiger partial charge in [0.2, 0.25) is 0 Å². The van der Waals surface area contributed by atoms with Crippen molar-refractivity contribution in [2.75, 3.05) is 12.5 Å². The summed E-state index contributed by atoms with van der Waals surface area (Å²) in [6.45, 7) is 1.95. The van der Waals surface area contributed by atoms with E-state index in [1.54, 1.807) is 0 Å². The Morgan fingerprint density at radius 2 is 1.71 bits per heavy atom. The number of hydrogen-bond donors (Lipinski definition) is 1. The van der Waals surface area contributed by atoms with Crippen molar-refractivity contribution < 1.29 is 8.42 Å². The second-order valence-corrected chi connectivity index (χ2v) is 9.80. The molecule has 1 aromatic heterocycles. The molecule has 1 N–H and O–H groups in total. The number of nitrogens with zero attached hydrogens (tertiary/aromatic N) is 1. The van der Waals surface area contributed by atoms with Crippen LogP contribution in [0.5, 0.6) is 0 Å². The SMILES string of the molecule is CCc1nc2ccc(C(c3ccccc3)C3CC3)cc2[nH]c1=O.CS(C)(=O)=O. The Morgan fingerprint density at radius 3 is 2.29 bits per heavy atom. The minimum atomic E-state index is -2.67. The molecule has 4 rings (SSSR count). The van der Waals surface area contributed by atoms with E-state index in [0.29, 0.717) is 24.0 Å². The number of sulfone groups is 1. The second-order valence-electron chi connectivity index (χ2n) is 7.51. The first-order chi connectivity index (χ1) is 13.3. The first-order valence-corrected chi connectivity index (χ1v) is 11.8. The van der Waals surface area contributed by atoms with Crippen LogP contribution < -0.4 is 5.56 Å². The summed E-state index contributed by atoms with van der Waals surface area (Å²) < 4.78 is 19.3. The van der Waals surface area contributed by atoms with Gasteiger partial charge in [0.15, 0.2) is 0 Å². The topological polar surface area (TPSA) is 79.9 Å². The predicted molar refractivity (Wildman–Crippen MR) is 114 cm³/mol. The van der Waals surface area contributed by atoms with Crippen LogP contribution in [0.3, 0.4) is 0 Å². The van der Waals surface area contributed by atoms with Gasteiger partial charge in [0, 0.05) is 18.4 Å². The number of fused-ring (bicyclic) bond motifs is 1. The largest absolute Gasteiger partial charge is 0.319 e. The number of aromatic nitrogens is 2. The lowest BCUT2D eigenvalue weighted by Crippen LogP contribution is -2.14. The molecule has 1 aliphatic carbocycles. The third-order valence-corrected chi connectivity index (χ3v) is 4.73. The molecule has 1 saturated carbocycles. The van der Waals surface area contributed by atoms with Crippen molar-refractivity contribution in [3.05, 3.63) is 75.7 Å². The van der Waals surface area contributed by atoms with Crippen molar-refractivity contribution in [1.82, 2.24) is 9.97 Å². The summed E-state index contributed by atoms with van der Waals surface area (Å²) in [6, 6.07) is 17.0. The quantitative estimate of drug-likeness (QED) is 0.727. The number of hydrogen-bond acceptors (Lipinski definition) is 4. The van der Waals surface area contributed by atoms with E-state index in [-0.39, 0.29) is 5.56 Å². The van der Waals surface area contributed by atoms with Gasteiger partial charge in [0.05, 0.1) is 11.0 Å². The van der Waals surface area contributed by atoms with Crippen molar-refractivity contribution in [2.45, 2.75) is 32.1 Å². The van der Waals surface area contributed by atoms with Crippen molar-refractivity contribution >= 4 is 20.9 Å². The van der Waals surface area contributed by atoms with E-state index in [4.69, 9.17) is 0 Å². The summed E-state index contributed by atoms with van der Waals surface area (Å²) in [5, 5.41) is 0. The number of H-pyrrole nitrogens is 1. The summed E-state index contributed by atoms with van der Waals surface area (Å²) in [4.78, 5) is 19.5. The smallest absolute Gasteiger partial charge is 0.270 e. The highest BCUT2D eigenvalue weighted by Gasteiger charge is 2.33. The summed E-state index contributed by atoms with van der Waals surface area (Å²) in [5.74, 6) is 1.12. The third-order valence-electron chi connectivity index (χ3n) is 4.73. The van der Waals surface area contributed by atoms with Crippen molar-refractivity contribution in [3.8, 4) is 0 Å². The Balaban J connectivity index is 0.000000403. The lowest BCUT2D eigenvalue weighted by molar-refractivity contribution is 0.607. The molecule has 1 atom stereocenters. The fourth-order valence-electron chi connectivity index (χ4n) is 3.40. The van der Waals surface area contributed by atoms with E-state index in [2.05, 4.69) is 52.4 Å². The highest BCUT2D eigenvalue weighted by Crippen LogP contribution is 2.46. The number of aromatic amines is 1. The molecule has 0 radical (unpaired) electrons. The maximum absolute atomic E-state index is 12.0. The van der Waals surface area contributed by atoms with Gasteiger partial charge in [-0.25, -0.2) is 13.4 Å². The van der Waals surface area contributed by atoms with E-state index in [0.717, 1.165) is 23.5 Å². The molecule has 1 unspecified atom stereocenters. The molecule has 0 aliphatic heterocycles. The van der Waals surface area contributed by atoms with Gasteiger partial charge in [-0.2, -0.15) is 0 Å². The van der Waals surface area contributed by atoms with Crippen LogP contribution in [-0.2, 0) is 16.3 Å². The van der Waals surface area contributed by atoms with Crippen LogP contribution in [0.2, 0.25) is 0 Å². The number of rotatable bonds is 4. The molecule has 6 heteroatoms. The number of nitrogens with one attached hydrogen (secondary N) is 1. The van der Waals surface area contributed by atoms with Crippen molar-refractivity contribution in [1.29, 1.82) is 0 Å². The highest BCUT2D eigenvalue weighted by molar-refractivity contribution is 7.89. The molecule has 2 aromatic carbocycles. The van der Waals surface area contributed by atoms with Gasteiger partial charge in [-0.05, 0) is 48.4 Å². The van der Waals surface area contributed by atoms with Gasteiger partial charge in [-0.1, -0.05) is 43.3 Å². The second kappa shape index (κ2) is 8.27. The molecule has 0 bridgehead atoms. The van der Waals surface area contributed by atoms with Crippen LogP contribution in [0.1, 0.15) is 42.5 Å². The van der Waals surface area contributed by atoms with E-state index in [1.165, 1.54) is 24.0 Å². The molecule has 148 valence electrons. The maximum atomic E-state index is 12.0. The summed E-state index contributed by atoms with van der Waals surface area (Å²) in [5.41, 5.74) is 4.87. The molecule has 28 heavy (non-hydrogen) atoms. The Kier molecular flexibility index (Phi) is 5.98. The van der Waals surface area contributed by atoms with Gasteiger partial charge < -0.3 is 4.98 Å². The van der Waals surface area contributed by atoms with Crippen LogP contribution in [-0.4, -0.2) is 30.9 Å². The van der Waals surface area contributed by atoms with Gasteiger partial charge >= 0.3 is 0 Å². The average molecular weight is 399 g/mol. The lowest BCUT2D eigenvalue weighted by atomic mass is 9.87. The number of aryl methyl sites for hydroxylation is 1. The minimum absolute atomic E-state index is 0.0696. The van der Waals surface area contributed by atoms with Crippen LogP contribution >= 0.6 is 0 Å². The Morgan fingerprint density at radius 1 is 1.07 bits per heavy atom. The summed E-state index contributed by atoms with van der Waals surface area (Å²) >= 11 is 0. The molecule has 0 spiro atoms. The Hall–Kier alpha value is -2.47. The van der Waals surface area contributed by atoms with E-state index >= 15 is 0 Å². The molecule has 1 heterocycles. The highest BCUT2D eigenvalue weighted by atomic mass is 32.2. The lowest BCUT2D eigenvalue weighted by Gasteiger charge is -2.18. The van der Waals surface area contributed by atoms with Crippen LogP contribution in [0.15, 0.2) is 53.3 Å². The normalized spacial score (nSPS) is 15.0. The number of benzene rings is 2. The maximum Gasteiger partial charge on any atom is 0.270 e. The van der Waals surface area contributed by atoms with E-state index < -0.39 is 9.84 Å². The molecule has 3 aromatic rings. The third kappa shape index (κ3) is 5.29. The zero-order valence-corrected chi connectivity index (χ0v) is 17.3. The van der Waals surface area contributed by atoms with Gasteiger partial charge in [-0.3, -0.25) is 4.79 Å². The van der Waals surface area contributed by atoms with Crippen LogP contribution in [0, 0.1) is 5.92 Å². The van der Waals surface area contributed by atoms with Crippen molar-refractivity contribution in [3.63, 3.8) is 0 Å². The van der Waals surface area contributed by atoms with Crippen molar-refractivity contribution in [2.24, 2.45) is 5.92 Å². The first kappa shape index (κ1) is 20.3. The zero-order chi connectivity index (χ0) is 20.3. The Labute approximate surface area is 165 Å². The predicted octanol–water partition coefficient (Wildman–Crippen LogP) is 3.69. The van der Waals surface area contributed by atoms with E-state index in [1.807, 2.05) is 13.0 Å². The van der Waals surface area contributed by atoms with Crippen LogP contribution in [0.4, 0.5) is 0 Å². The van der Waals surface area contributed by atoms with Gasteiger partial charge in [0.1, 0.15) is 15.5 Å². The Bertz CT molecular complexity index is 1110. The molecule has 0 saturated heterocycles. The molecule has 1 fully saturated rings. The molecular weight excluding hydrogens is 372 g/mol. The fourth-order valence-corrected chi connectivity index (χ4v) is 3.40. The molecule has 0 amide bonds. The minimum Gasteiger partial charge on any atom is -0.319 e. The molecule has 1 aliphatic rings. The van der Waals surface area contributed by atoms with E-state index in [9.17, 15) is 13.2 Å². The van der Waals surface area contributed by atoms with Gasteiger partial charge in [0.25, 0.3) is 5.56 Å². The van der Waals surface area contributed by atoms with Crippen LogP contribution in [0.25, 0.3) is 11.0 Å².